The number of aryl methyl sites for hydroxylation is 1. The van der Waals surface area contributed by atoms with Gasteiger partial charge in [0, 0.05) is 43.7 Å². The Balaban J connectivity index is 1.53. The zero-order valence-corrected chi connectivity index (χ0v) is 23.9. The smallest absolute Gasteiger partial charge is 0.310 e. The van der Waals surface area contributed by atoms with Crippen LogP contribution in [0.25, 0.3) is 0 Å². The van der Waals surface area contributed by atoms with Gasteiger partial charge in [-0.2, -0.15) is 0 Å². The van der Waals surface area contributed by atoms with Gasteiger partial charge in [-0.15, -0.1) is 5.10 Å². The number of hydrogen-bond acceptors (Lipinski definition) is 6. The number of likely N-dealkylation sites (tertiary alicyclic amines) is 1. The van der Waals surface area contributed by atoms with E-state index in [9.17, 15) is 28.3 Å². The van der Waals surface area contributed by atoms with Crippen molar-refractivity contribution in [3.05, 3.63) is 39.7 Å². The summed E-state index contributed by atoms with van der Waals surface area (Å²) in [7, 11) is 1.38. The van der Waals surface area contributed by atoms with Crippen LogP contribution in [0.5, 0.6) is 5.75 Å². The van der Waals surface area contributed by atoms with Gasteiger partial charge in [-0.25, -0.2) is 13.5 Å². The summed E-state index contributed by atoms with van der Waals surface area (Å²) in [6.07, 6.45) is 1.07. The van der Waals surface area contributed by atoms with Gasteiger partial charge >= 0.3 is 5.97 Å². The molecule has 3 heterocycles. The van der Waals surface area contributed by atoms with Crippen LogP contribution in [0.3, 0.4) is 0 Å². The number of carbonyl (C=O) groups is 3. The number of fused-ring (bicyclic) bond motifs is 1. The Kier molecular flexibility index (Phi) is 8.22. The van der Waals surface area contributed by atoms with Crippen LogP contribution < -0.4 is 4.74 Å². The summed E-state index contributed by atoms with van der Waals surface area (Å²) < 4.78 is 34.4. The number of carbonyl (C=O) groups excluding carboxylic acids is 2. The van der Waals surface area contributed by atoms with Crippen LogP contribution in [0.1, 0.15) is 80.4 Å². The van der Waals surface area contributed by atoms with Crippen molar-refractivity contribution in [2.75, 3.05) is 19.6 Å². The van der Waals surface area contributed by atoms with E-state index in [-0.39, 0.29) is 36.4 Å². The maximum absolute atomic E-state index is 14.2. The van der Waals surface area contributed by atoms with Crippen LogP contribution in [-0.2, 0) is 34.5 Å². The van der Waals surface area contributed by atoms with Crippen molar-refractivity contribution in [2.24, 2.45) is 18.4 Å². The number of amides is 2. The fraction of sp³-hybridized carbons (Fsp3) is 0.607. The van der Waals surface area contributed by atoms with Crippen molar-refractivity contribution in [1.29, 1.82) is 0 Å². The van der Waals surface area contributed by atoms with E-state index in [0.29, 0.717) is 61.5 Å². The van der Waals surface area contributed by atoms with Gasteiger partial charge in [-0.05, 0) is 50.3 Å². The summed E-state index contributed by atoms with van der Waals surface area (Å²) >= 11 is 6.63. The fourth-order valence-corrected chi connectivity index (χ4v) is 6.83. The zero-order valence-electron chi connectivity index (χ0n) is 23.1. The van der Waals surface area contributed by atoms with Crippen LogP contribution in [0.4, 0.5) is 8.78 Å². The maximum Gasteiger partial charge on any atom is 0.310 e. The largest absolute Gasteiger partial charge is 0.487 e. The van der Waals surface area contributed by atoms with Crippen LogP contribution in [0.15, 0.2) is 12.1 Å². The molecule has 2 fully saturated rings. The highest BCUT2D eigenvalue weighted by Gasteiger charge is 2.50. The lowest BCUT2D eigenvalue weighted by molar-refractivity contribution is -0.162. The van der Waals surface area contributed by atoms with Crippen LogP contribution >= 0.6 is 11.6 Å². The molecule has 5 rings (SSSR count). The van der Waals surface area contributed by atoms with Crippen molar-refractivity contribution >= 4 is 29.4 Å². The predicted molar refractivity (Wildman–Crippen MR) is 143 cm³/mol. The molecule has 10 nitrogen and oxygen atoms in total. The van der Waals surface area contributed by atoms with Crippen molar-refractivity contribution in [3.8, 4) is 5.75 Å². The highest BCUT2D eigenvalue weighted by molar-refractivity contribution is 6.31. The van der Waals surface area contributed by atoms with Gasteiger partial charge in [-0.1, -0.05) is 29.7 Å². The Morgan fingerprint density at radius 2 is 2.00 bits per heavy atom. The van der Waals surface area contributed by atoms with E-state index in [0.717, 1.165) is 23.1 Å². The lowest BCUT2D eigenvalue weighted by atomic mass is 9.66. The zero-order chi connectivity index (χ0) is 29.5. The first-order valence-corrected chi connectivity index (χ1v) is 14.3. The molecule has 3 aliphatic rings. The number of nitrogens with zero attached hydrogens (tertiary/aromatic N) is 5. The first-order valence-electron chi connectivity index (χ1n) is 13.9. The Morgan fingerprint density at radius 1 is 1.22 bits per heavy atom. The topological polar surface area (TPSA) is 118 Å². The highest BCUT2D eigenvalue weighted by Crippen LogP contribution is 2.46. The molecule has 1 unspecified atom stereocenters. The molecule has 13 heteroatoms. The molecule has 0 spiro atoms. The molecule has 1 aliphatic carbocycles. The van der Waals surface area contributed by atoms with Gasteiger partial charge in [-0.3, -0.25) is 14.4 Å². The van der Waals surface area contributed by atoms with Gasteiger partial charge in [0.15, 0.2) is 0 Å². The molecular weight excluding hydrogens is 560 g/mol. The molecule has 1 saturated carbocycles. The van der Waals surface area contributed by atoms with Crippen LogP contribution in [0.2, 0.25) is 5.02 Å². The second-order valence-corrected chi connectivity index (χ2v) is 11.7. The highest BCUT2D eigenvalue weighted by atomic mass is 35.5. The summed E-state index contributed by atoms with van der Waals surface area (Å²) in [6.45, 7) is 2.38. The number of aromatic nitrogens is 3. The molecule has 2 aliphatic heterocycles. The first kappa shape index (κ1) is 29.2. The molecule has 41 heavy (non-hydrogen) atoms. The van der Waals surface area contributed by atoms with Crippen molar-refractivity contribution in [3.63, 3.8) is 0 Å². The van der Waals surface area contributed by atoms with E-state index in [1.807, 2.05) is 0 Å². The lowest BCUT2D eigenvalue weighted by Gasteiger charge is -2.45. The Labute approximate surface area is 241 Å². The Morgan fingerprint density at radius 3 is 2.68 bits per heavy atom. The summed E-state index contributed by atoms with van der Waals surface area (Å²) in [5, 5.41) is 18.1. The van der Waals surface area contributed by atoms with E-state index in [2.05, 4.69) is 10.3 Å². The lowest BCUT2D eigenvalue weighted by Crippen LogP contribution is -2.52. The summed E-state index contributed by atoms with van der Waals surface area (Å²) in [6, 6.07) is 2.64. The average molecular weight is 594 g/mol. The second-order valence-electron chi connectivity index (χ2n) is 11.3. The molecule has 2 aromatic rings. The monoisotopic (exact) mass is 593 g/mol. The molecule has 1 aromatic heterocycles. The number of hydrogen-bond donors (Lipinski definition) is 1. The number of rotatable bonds is 8. The average Bonchev–Trinajstić information content (AvgIpc) is 3.52. The molecule has 3 atom stereocenters. The van der Waals surface area contributed by atoms with Crippen LogP contribution in [-0.4, -0.2) is 67.3 Å². The van der Waals surface area contributed by atoms with Gasteiger partial charge in [0.1, 0.15) is 23.7 Å². The normalized spacial score (nSPS) is 24.6. The van der Waals surface area contributed by atoms with Crippen molar-refractivity contribution in [2.45, 2.75) is 70.9 Å². The van der Waals surface area contributed by atoms with Gasteiger partial charge in [0.05, 0.1) is 17.4 Å². The van der Waals surface area contributed by atoms with Gasteiger partial charge < -0.3 is 19.6 Å². The van der Waals surface area contributed by atoms with E-state index in [1.165, 1.54) is 7.05 Å². The molecule has 1 saturated heterocycles. The summed E-state index contributed by atoms with van der Waals surface area (Å²) in [5.41, 5.74) is -0.209. The molecule has 1 aromatic carbocycles. The van der Waals surface area contributed by atoms with Gasteiger partial charge in [0.25, 0.3) is 6.43 Å². The third-order valence-electron chi connectivity index (χ3n) is 8.93. The molecule has 0 bridgehead atoms. The minimum Gasteiger partial charge on any atom is -0.487 e. The minimum absolute atomic E-state index is 0.0133. The third-order valence-corrected chi connectivity index (χ3v) is 9.28. The van der Waals surface area contributed by atoms with E-state index in [4.69, 9.17) is 16.3 Å². The second kappa shape index (κ2) is 11.5. The van der Waals surface area contributed by atoms with Crippen molar-refractivity contribution in [1.82, 2.24) is 24.8 Å². The third kappa shape index (κ3) is 5.38. The van der Waals surface area contributed by atoms with Gasteiger partial charge in [0.2, 0.25) is 11.8 Å². The fourth-order valence-electron chi connectivity index (χ4n) is 6.57. The standard InChI is InChI=1S/C28H34ClF2N5O5/c1-28(27(39)40)11-4-3-6-17(28)26(38)36-13-10-16-18(29)8-9-21(23(16)20(36)14-35-12-5-7-22(35)37)41-15-19-24(25(30)31)34(2)33-32-19/h8-9,17,20,25H,3-7,10-15H2,1-2H3,(H,39,40)/t17?,20-,28-/m1/s1. The first-order chi connectivity index (χ1) is 19.5. The SMILES string of the molecule is Cn1nnc(COc2ccc(Cl)c3c2[C@@H](CN2CCCC2=O)N(C(=O)C2CCCC[C@@]2(C)C(=O)O)CC3)c1C(F)F. The van der Waals surface area contributed by atoms with Crippen molar-refractivity contribution < 1.29 is 33.0 Å². The molecule has 222 valence electrons. The Bertz CT molecular complexity index is 1350. The number of benzene rings is 1. The molecular formula is C28H34ClF2N5O5. The van der Waals surface area contributed by atoms with Crippen LogP contribution in [0, 0.1) is 11.3 Å². The molecule has 0 radical (unpaired) electrons. The maximum atomic E-state index is 14.2. The van der Waals surface area contributed by atoms with E-state index < -0.39 is 29.8 Å². The number of aliphatic carboxylic acids is 1. The van der Waals surface area contributed by atoms with E-state index >= 15 is 0 Å². The number of carboxylic acid groups (broad SMARTS) is 1. The summed E-state index contributed by atoms with van der Waals surface area (Å²) in [4.78, 5) is 42.7. The summed E-state index contributed by atoms with van der Waals surface area (Å²) in [5.74, 6) is -1.66. The number of ether oxygens (including phenoxy) is 1. The van der Waals surface area contributed by atoms with E-state index in [1.54, 1.807) is 28.9 Å². The molecule has 1 N–H and O–H groups in total. The minimum atomic E-state index is -2.80. The quantitative estimate of drug-likeness (QED) is 0.484. The number of alkyl halides is 2. The predicted octanol–water partition coefficient (Wildman–Crippen LogP) is 4.31. The number of carboxylic acids is 1. The number of halogens is 3. The Hall–Kier alpha value is -3.28. The molecule has 2 amide bonds.